The van der Waals surface area contributed by atoms with Gasteiger partial charge in [-0.05, 0) is 35.0 Å². The van der Waals surface area contributed by atoms with Gasteiger partial charge < -0.3 is 23.9 Å². The van der Waals surface area contributed by atoms with Gasteiger partial charge >= 0.3 is 0 Å². The van der Waals surface area contributed by atoms with Gasteiger partial charge in [0.15, 0.2) is 10.4 Å². The third-order valence-corrected chi connectivity index (χ3v) is 5.22. The van der Waals surface area contributed by atoms with Gasteiger partial charge in [-0.25, -0.2) is 4.98 Å². The van der Waals surface area contributed by atoms with E-state index in [4.69, 9.17) is 14.1 Å². The van der Waals surface area contributed by atoms with Gasteiger partial charge in [-0.3, -0.25) is 4.79 Å². The molecule has 2 aromatic rings. The monoisotopic (exact) mass is 435 g/mol. The predicted octanol–water partition coefficient (Wildman–Crippen LogP) is 1.94. The first-order valence-electron chi connectivity index (χ1n) is 9.08. The summed E-state index contributed by atoms with van der Waals surface area (Å²) in [7, 11) is 0. The van der Waals surface area contributed by atoms with Crippen LogP contribution >= 0.6 is 15.9 Å². The fraction of sp³-hybridized carbons (Fsp3) is 0.500. The number of amides is 1. The second kappa shape index (κ2) is 7.85. The second-order valence-electron chi connectivity index (χ2n) is 6.65. The molecule has 2 aliphatic rings. The number of aryl methyl sites for hydroxylation is 1. The Bertz CT molecular complexity index is 813. The molecule has 4 heterocycles. The van der Waals surface area contributed by atoms with E-state index in [-0.39, 0.29) is 5.91 Å². The number of carbonyl (C=O) groups excluding carboxylic acids is 1. The highest BCUT2D eigenvalue weighted by Crippen LogP contribution is 2.21. The minimum Gasteiger partial charge on any atom is -0.444 e. The minimum atomic E-state index is -0.0838. The number of hydrogen-bond donors (Lipinski definition) is 0. The zero-order chi connectivity index (χ0) is 18.8. The fourth-order valence-electron chi connectivity index (χ4n) is 3.33. The van der Waals surface area contributed by atoms with Crippen molar-refractivity contribution in [3.63, 3.8) is 0 Å². The molecule has 9 heteroatoms. The highest BCUT2D eigenvalue weighted by molar-refractivity contribution is 9.10. The van der Waals surface area contributed by atoms with Crippen LogP contribution in [0.3, 0.4) is 0 Å². The summed E-state index contributed by atoms with van der Waals surface area (Å²) < 4.78 is 11.4. The molecule has 0 aliphatic carbocycles. The van der Waals surface area contributed by atoms with Crippen molar-refractivity contribution in [3.05, 3.63) is 34.3 Å². The van der Waals surface area contributed by atoms with Crippen LogP contribution in [-0.4, -0.2) is 73.3 Å². The lowest BCUT2D eigenvalue weighted by Crippen LogP contribution is -2.49. The summed E-state index contributed by atoms with van der Waals surface area (Å²) in [6.07, 6.45) is 0. The maximum atomic E-state index is 12.5. The van der Waals surface area contributed by atoms with E-state index in [0.717, 1.165) is 43.8 Å². The van der Waals surface area contributed by atoms with E-state index in [1.165, 1.54) is 0 Å². The molecule has 2 aromatic heterocycles. The molecule has 144 valence electrons. The summed E-state index contributed by atoms with van der Waals surface area (Å²) in [5.74, 6) is 1.94. The lowest BCUT2D eigenvalue weighted by atomic mass is 10.3. The van der Waals surface area contributed by atoms with Crippen LogP contribution < -0.4 is 9.80 Å². The number of rotatable bonds is 3. The molecule has 0 saturated carbocycles. The number of hydrogen-bond acceptors (Lipinski definition) is 7. The Kier molecular flexibility index (Phi) is 5.31. The first-order chi connectivity index (χ1) is 13.1. The van der Waals surface area contributed by atoms with Crippen molar-refractivity contribution in [2.24, 2.45) is 0 Å². The molecule has 27 heavy (non-hydrogen) atoms. The smallest absolute Gasteiger partial charge is 0.289 e. The number of nitrogens with zero attached hydrogens (tertiary/aromatic N) is 5. The number of aromatic nitrogens is 2. The van der Waals surface area contributed by atoms with Gasteiger partial charge in [-0.1, -0.05) is 0 Å². The minimum absolute atomic E-state index is 0.0838. The average Bonchev–Trinajstić information content (AvgIpc) is 3.14. The fourth-order valence-corrected chi connectivity index (χ4v) is 3.63. The lowest BCUT2D eigenvalue weighted by molar-refractivity contribution is 0.0712. The summed E-state index contributed by atoms with van der Waals surface area (Å²) in [5.41, 5.74) is 0.945. The normalized spacial score (nSPS) is 18.1. The van der Waals surface area contributed by atoms with E-state index in [1.807, 2.05) is 13.0 Å². The van der Waals surface area contributed by atoms with Crippen LogP contribution in [0, 0.1) is 6.92 Å². The molecule has 0 spiro atoms. The van der Waals surface area contributed by atoms with Crippen molar-refractivity contribution < 1.29 is 13.9 Å². The van der Waals surface area contributed by atoms with Crippen LogP contribution in [0.15, 0.2) is 27.3 Å². The standard InChI is InChI=1S/C18H22BrN5O3/c1-13-12-16(22-8-10-26-11-9-22)21-18(20-13)24-6-4-23(5-7-24)17(25)14-2-3-15(19)27-14/h2-3,12H,4-11H2,1H3. The Morgan fingerprint density at radius 3 is 2.44 bits per heavy atom. The highest BCUT2D eigenvalue weighted by Gasteiger charge is 2.26. The number of carbonyl (C=O) groups is 1. The Balaban J connectivity index is 1.43. The molecule has 0 bridgehead atoms. The SMILES string of the molecule is Cc1cc(N2CCOCC2)nc(N2CCN(C(=O)c3ccc(Br)o3)CC2)n1. The summed E-state index contributed by atoms with van der Waals surface area (Å²) in [4.78, 5) is 28.1. The van der Waals surface area contributed by atoms with Gasteiger partial charge in [0.05, 0.1) is 13.2 Å². The Hall–Kier alpha value is -2.13. The van der Waals surface area contributed by atoms with Gasteiger partial charge in [0, 0.05) is 51.0 Å². The van der Waals surface area contributed by atoms with Crippen LogP contribution in [0.5, 0.6) is 0 Å². The predicted molar refractivity (Wildman–Crippen MR) is 104 cm³/mol. The van der Waals surface area contributed by atoms with Crippen LogP contribution in [-0.2, 0) is 4.74 Å². The van der Waals surface area contributed by atoms with E-state index >= 15 is 0 Å². The van der Waals surface area contributed by atoms with Gasteiger partial charge in [0.2, 0.25) is 5.95 Å². The van der Waals surface area contributed by atoms with Crippen molar-refractivity contribution >= 4 is 33.6 Å². The van der Waals surface area contributed by atoms with Crippen molar-refractivity contribution in [1.82, 2.24) is 14.9 Å². The molecule has 8 nitrogen and oxygen atoms in total. The second-order valence-corrected chi connectivity index (χ2v) is 7.43. The quantitative estimate of drug-likeness (QED) is 0.728. The summed E-state index contributed by atoms with van der Waals surface area (Å²) >= 11 is 3.24. The van der Waals surface area contributed by atoms with Crippen LogP contribution in [0.1, 0.15) is 16.2 Å². The van der Waals surface area contributed by atoms with Crippen LogP contribution in [0.25, 0.3) is 0 Å². The molecule has 0 radical (unpaired) electrons. The van der Waals surface area contributed by atoms with E-state index in [0.29, 0.717) is 36.6 Å². The molecule has 2 fully saturated rings. The maximum absolute atomic E-state index is 12.5. The topological polar surface area (TPSA) is 74.9 Å². The zero-order valence-corrected chi connectivity index (χ0v) is 16.8. The third kappa shape index (κ3) is 4.08. The lowest BCUT2D eigenvalue weighted by Gasteiger charge is -2.35. The number of morpholine rings is 1. The van der Waals surface area contributed by atoms with Crippen LogP contribution in [0.4, 0.5) is 11.8 Å². The van der Waals surface area contributed by atoms with Crippen LogP contribution in [0.2, 0.25) is 0 Å². The largest absolute Gasteiger partial charge is 0.444 e. The molecule has 2 aliphatic heterocycles. The summed E-state index contributed by atoms with van der Waals surface area (Å²) in [5, 5.41) is 0. The van der Waals surface area contributed by atoms with Gasteiger partial charge in [0.25, 0.3) is 5.91 Å². The van der Waals surface area contributed by atoms with E-state index in [1.54, 1.807) is 17.0 Å². The summed E-state index contributed by atoms with van der Waals surface area (Å²) in [6.45, 7) is 7.74. The summed E-state index contributed by atoms with van der Waals surface area (Å²) in [6, 6.07) is 5.44. The first kappa shape index (κ1) is 18.2. The molecule has 0 aromatic carbocycles. The molecule has 0 atom stereocenters. The number of furan rings is 1. The Morgan fingerprint density at radius 1 is 1.04 bits per heavy atom. The highest BCUT2D eigenvalue weighted by atomic mass is 79.9. The molecule has 2 saturated heterocycles. The maximum Gasteiger partial charge on any atom is 0.289 e. The molecule has 0 N–H and O–H groups in total. The van der Waals surface area contributed by atoms with Gasteiger partial charge in [0.1, 0.15) is 5.82 Å². The van der Waals surface area contributed by atoms with Gasteiger partial charge in [-0.2, -0.15) is 4.98 Å². The number of halogens is 1. The molecule has 0 unspecified atom stereocenters. The van der Waals surface area contributed by atoms with Crippen molar-refractivity contribution in [1.29, 1.82) is 0 Å². The van der Waals surface area contributed by atoms with Crippen molar-refractivity contribution in [2.75, 3.05) is 62.3 Å². The van der Waals surface area contributed by atoms with Crippen molar-refractivity contribution in [2.45, 2.75) is 6.92 Å². The average molecular weight is 436 g/mol. The molecular formula is C18H22BrN5O3. The number of piperazine rings is 1. The van der Waals surface area contributed by atoms with E-state index < -0.39 is 0 Å². The van der Waals surface area contributed by atoms with Crippen molar-refractivity contribution in [3.8, 4) is 0 Å². The van der Waals surface area contributed by atoms with Gasteiger partial charge in [-0.15, -0.1) is 0 Å². The van der Waals surface area contributed by atoms with E-state index in [2.05, 4.69) is 30.7 Å². The molecule has 4 rings (SSSR count). The van der Waals surface area contributed by atoms with E-state index in [9.17, 15) is 4.79 Å². The number of ether oxygens (including phenoxy) is 1. The number of anilines is 2. The molecular weight excluding hydrogens is 414 g/mol. The Labute approximate surface area is 166 Å². The first-order valence-corrected chi connectivity index (χ1v) is 9.87. The third-order valence-electron chi connectivity index (χ3n) is 4.80. The Morgan fingerprint density at radius 2 is 1.78 bits per heavy atom. The molecule has 1 amide bonds. The zero-order valence-electron chi connectivity index (χ0n) is 15.2.